The maximum atomic E-state index is 11.9. The normalized spacial score (nSPS) is 14.9. The van der Waals surface area contributed by atoms with Crippen molar-refractivity contribution in [3.8, 4) is 11.3 Å². The summed E-state index contributed by atoms with van der Waals surface area (Å²) in [6.45, 7) is 1.56. The number of piperidine rings is 1. The first kappa shape index (κ1) is 19.0. The molecule has 0 aliphatic carbocycles. The zero-order valence-electron chi connectivity index (χ0n) is 15.3. The van der Waals surface area contributed by atoms with Crippen molar-refractivity contribution >= 4 is 11.9 Å². The number of aromatic nitrogens is 2. The summed E-state index contributed by atoms with van der Waals surface area (Å²) in [7, 11) is 1.53. The first-order chi connectivity index (χ1) is 13.1. The molecule has 2 heterocycles. The molecule has 1 N–H and O–H groups in total. The average molecular weight is 369 g/mol. The molecule has 1 aliphatic rings. The highest BCUT2D eigenvalue weighted by Crippen LogP contribution is 2.27. The predicted molar refractivity (Wildman–Crippen MR) is 99.3 cm³/mol. The van der Waals surface area contributed by atoms with E-state index in [2.05, 4.69) is 9.97 Å². The standard InChI is InChI=1S/C20H23N3O4/c1-27-13-18(24)23-9-5-14(6-10-23)11-17-19(22-8-7-21-17)15-3-2-4-16(12-15)20(25)26/h2-4,7-8,12,14H,5-6,9-11,13H2,1H3,(H,25,26). The summed E-state index contributed by atoms with van der Waals surface area (Å²) >= 11 is 0. The number of amides is 1. The molecule has 1 aromatic carbocycles. The van der Waals surface area contributed by atoms with Crippen LogP contribution in [0.4, 0.5) is 0 Å². The Balaban J connectivity index is 1.72. The number of carbonyl (C=O) groups excluding carboxylic acids is 1. The second-order valence-electron chi connectivity index (χ2n) is 6.70. The van der Waals surface area contributed by atoms with Crippen LogP contribution in [0.1, 0.15) is 28.9 Å². The summed E-state index contributed by atoms with van der Waals surface area (Å²) in [5.74, 6) is -0.522. The maximum absolute atomic E-state index is 11.9. The lowest BCUT2D eigenvalue weighted by atomic mass is 9.90. The van der Waals surface area contributed by atoms with Crippen LogP contribution in [-0.2, 0) is 16.0 Å². The lowest BCUT2D eigenvalue weighted by Crippen LogP contribution is -2.40. The van der Waals surface area contributed by atoms with Gasteiger partial charge in [-0.15, -0.1) is 0 Å². The van der Waals surface area contributed by atoms with E-state index in [4.69, 9.17) is 4.74 Å². The Hall–Kier alpha value is -2.80. The minimum atomic E-state index is -0.963. The first-order valence-corrected chi connectivity index (χ1v) is 8.99. The predicted octanol–water partition coefficient (Wildman–Crippen LogP) is 2.27. The molecule has 7 heteroatoms. The smallest absolute Gasteiger partial charge is 0.335 e. The molecule has 142 valence electrons. The van der Waals surface area contributed by atoms with Gasteiger partial charge in [0.15, 0.2) is 0 Å². The molecule has 0 spiro atoms. The number of likely N-dealkylation sites (tertiary alicyclic amines) is 1. The summed E-state index contributed by atoms with van der Waals surface area (Å²) in [4.78, 5) is 33.9. The van der Waals surface area contributed by atoms with E-state index in [9.17, 15) is 14.7 Å². The zero-order valence-corrected chi connectivity index (χ0v) is 15.3. The van der Waals surface area contributed by atoms with E-state index in [1.807, 2.05) is 11.0 Å². The Morgan fingerprint density at radius 1 is 1.22 bits per heavy atom. The molecule has 3 rings (SSSR count). The summed E-state index contributed by atoms with van der Waals surface area (Å²) < 4.78 is 4.92. The van der Waals surface area contributed by atoms with Crippen LogP contribution >= 0.6 is 0 Å². The molecule has 0 unspecified atom stereocenters. The van der Waals surface area contributed by atoms with Gasteiger partial charge in [0.1, 0.15) is 6.61 Å². The Labute approximate surface area is 158 Å². The number of carbonyl (C=O) groups is 2. The highest BCUT2D eigenvalue weighted by atomic mass is 16.5. The van der Waals surface area contributed by atoms with Crippen molar-refractivity contribution in [3.05, 3.63) is 47.9 Å². The maximum Gasteiger partial charge on any atom is 0.335 e. The Kier molecular flexibility index (Phi) is 6.13. The van der Waals surface area contributed by atoms with Gasteiger partial charge in [-0.3, -0.25) is 14.8 Å². The molecule has 1 amide bonds. The quantitative estimate of drug-likeness (QED) is 0.840. The van der Waals surface area contributed by atoms with E-state index in [0.717, 1.165) is 49.3 Å². The van der Waals surface area contributed by atoms with Crippen molar-refractivity contribution in [1.82, 2.24) is 14.9 Å². The van der Waals surface area contributed by atoms with Gasteiger partial charge in [-0.25, -0.2) is 4.79 Å². The third kappa shape index (κ3) is 4.68. The van der Waals surface area contributed by atoms with E-state index in [-0.39, 0.29) is 18.1 Å². The van der Waals surface area contributed by atoms with Crippen molar-refractivity contribution in [2.24, 2.45) is 5.92 Å². The van der Waals surface area contributed by atoms with Crippen molar-refractivity contribution in [3.63, 3.8) is 0 Å². The average Bonchev–Trinajstić information content (AvgIpc) is 2.69. The largest absolute Gasteiger partial charge is 0.478 e. The number of carboxylic acids is 1. The lowest BCUT2D eigenvalue weighted by Gasteiger charge is -2.32. The number of aromatic carboxylic acids is 1. The topological polar surface area (TPSA) is 92.6 Å². The number of carboxylic acid groups (broad SMARTS) is 1. The number of ether oxygens (including phenoxy) is 1. The van der Waals surface area contributed by atoms with Crippen LogP contribution in [0.15, 0.2) is 36.7 Å². The van der Waals surface area contributed by atoms with Crippen LogP contribution in [0, 0.1) is 5.92 Å². The van der Waals surface area contributed by atoms with Crippen LogP contribution in [-0.4, -0.2) is 58.7 Å². The Bertz CT molecular complexity index is 816. The van der Waals surface area contributed by atoms with Crippen LogP contribution in [0.2, 0.25) is 0 Å². The van der Waals surface area contributed by atoms with Gasteiger partial charge in [-0.05, 0) is 37.3 Å². The first-order valence-electron chi connectivity index (χ1n) is 8.99. The van der Waals surface area contributed by atoms with Gasteiger partial charge in [0.25, 0.3) is 0 Å². The van der Waals surface area contributed by atoms with E-state index in [1.54, 1.807) is 30.6 Å². The van der Waals surface area contributed by atoms with Gasteiger partial charge in [-0.2, -0.15) is 0 Å². The van der Waals surface area contributed by atoms with Crippen molar-refractivity contribution < 1.29 is 19.4 Å². The van der Waals surface area contributed by atoms with Crippen LogP contribution in [0.5, 0.6) is 0 Å². The highest BCUT2D eigenvalue weighted by molar-refractivity contribution is 5.89. The van der Waals surface area contributed by atoms with Gasteiger partial charge in [0.05, 0.1) is 17.0 Å². The van der Waals surface area contributed by atoms with Gasteiger partial charge in [0, 0.05) is 38.2 Å². The number of nitrogens with zero attached hydrogens (tertiary/aromatic N) is 3. The molecule has 1 fully saturated rings. The fraction of sp³-hybridized carbons (Fsp3) is 0.400. The molecular formula is C20H23N3O4. The Morgan fingerprint density at radius 2 is 1.96 bits per heavy atom. The summed E-state index contributed by atoms with van der Waals surface area (Å²) in [5, 5.41) is 9.22. The monoisotopic (exact) mass is 369 g/mol. The van der Waals surface area contributed by atoms with Crippen molar-refractivity contribution in [1.29, 1.82) is 0 Å². The number of hydrogen-bond acceptors (Lipinski definition) is 5. The number of benzene rings is 1. The molecule has 7 nitrogen and oxygen atoms in total. The summed E-state index contributed by atoms with van der Waals surface area (Å²) in [5.41, 5.74) is 2.57. The van der Waals surface area contributed by atoms with Gasteiger partial charge < -0.3 is 14.7 Å². The van der Waals surface area contributed by atoms with E-state index >= 15 is 0 Å². The SMILES string of the molecule is COCC(=O)N1CCC(Cc2nccnc2-c2cccc(C(=O)O)c2)CC1. The molecular weight excluding hydrogens is 346 g/mol. The summed E-state index contributed by atoms with van der Waals surface area (Å²) in [6.07, 6.45) is 5.85. The molecule has 2 aromatic rings. The van der Waals surface area contributed by atoms with Crippen LogP contribution in [0.25, 0.3) is 11.3 Å². The van der Waals surface area contributed by atoms with Crippen molar-refractivity contribution in [2.45, 2.75) is 19.3 Å². The molecule has 1 saturated heterocycles. The van der Waals surface area contributed by atoms with Gasteiger partial charge in [0.2, 0.25) is 5.91 Å². The molecule has 1 aromatic heterocycles. The number of hydrogen-bond donors (Lipinski definition) is 1. The molecule has 0 bridgehead atoms. The van der Waals surface area contributed by atoms with Crippen molar-refractivity contribution in [2.75, 3.05) is 26.8 Å². The number of methoxy groups -OCH3 is 1. The second kappa shape index (κ2) is 8.73. The van der Waals surface area contributed by atoms with Gasteiger partial charge in [-0.1, -0.05) is 12.1 Å². The minimum Gasteiger partial charge on any atom is -0.478 e. The summed E-state index contributed by atoms with van der Waals surface area (Å²) in [6, 6.07) is 6.76. The van der Waals surface area contributed by atoms with Crippen LogP contribution in [0.3, 0.4) is 0 Å². The minimum absolute atomic E-state index is 0.0293. The zero-order chi connectivity index (χ0) is 19.2. The lowest BCUT2D eigenvalue weighted by molar-refractivity contribution is -0.136. The van der Waals surface area contributed by atoms with E-state index in [1.165, 1.54) is 7.11 Å². The highest BCUT2D eigenvalue weighted by Gasteiger charge is 2.24. The van der Waals surface area contributed by atoms with Gasteiger partial charge >= 0.3 is 5.97 Å². The molecule has 1 aliphatic heterocycles. The molecule has 27 heavy (non-hydrogen) atoms. The fourth-order valence-corrected chi connectivity index (χ4v) is 3.43. The second-order valence-corrected chi connectivity index (χ2v) is 6.70. The number of rotatable bonds is 6. The molecule has 0 radical (unpaired) electrons. The third-order valence-corrected chi connectivity index (χ3v) is 4.87. The molecule has 0 atom stereocenters. The third-order valence-electron chi connectivity index (χ3n) is 4.87. The fourth-order valence-electron chi connectivity index (χ4n) is 3.43. The van der Waals surface area contributed by atoms with E-state index in [0.29, 0.717) is 5.92 Å². The molecule has 0 saturated carbocycles. The van der Waals surface area contributed by atoms with E-state index < -0.39 is 5.97 Å². The van der Waals surface area contributed by atoms with Crippen LogP contribution < -0.4 is 0 Å². The Morgan fingerprint density at radius 3 is 2.67 bits per heavy atom.